The molecule has 0 fully saturated rings. The number of amides is 1. The molecule has 1 atom stereocenters. The molecule has 6 heteroatoms. The Morgan fingerprint density at radius 1 is 1.18 bits per heavy atom. The predicted octanol–water partition coefficient (Wildman–Crippen LogP) is 1.78. The van der Waals surface area contributed by atoms with Crippen molar-refractivity contribution in [1.82, 2.24) is 5.32 Å². The van der Waals surface area contributed by atoms with E-state index < -0.39 is 11.5 Å². The first-order valence-corrected chi connectivity index (χ1v) is 7.10. The molecule has 0 heterocycles. The second-order valence-electron chi connectivity index (χ2n) is 4.97. The average molecular weight is 309 g/mol. The molecular formula is C16H23NO5. The summed E-state index contributed by atoms with van der Waals surface area (Å²) in [5.41, 5.74) is -0.715. The van der Waals surface area contributed by atoms with Crippen molar-refractivity contribution in [2.75, 3.05) is 27.4 Å². The third kappa shape index (κ3) is 4.46. The van der Waals surface area contributed by atoms with E-state index in [0.29, 0.717) is 30.9 Å². The summed E-state index contributed by atoms with van der Waals surface area (Å²) in [5, 5.41) is 2.72. The molecule has 0 aromatic heterocycles. The van der Waals surface area contributed by atoms with Gasteiger partial charge in [-0.25, -0.2) is 4.79 Å². The highest BCUT2D eigenvalue weighted by Crippen LogP contribution is 2.20. The lowest BCUT2D eigenvalue weighted by Crippen LogP contribution is -2.52. The van der Waals surface area contributed by atoms with E-state index >= 15 is 0 Å². The number of hydrogen-bond donors (Lipinski definition) is 1. The summed E-state index contributed by atoms with van der Waals surface area (Å²) in [4.78, 5) is 24.3. The Morgan fingerprint density at radius 2 is 1.86 bits per heavy atom. The molecule has 0 saturated heterocycles. The van der Waals surface area contributed by atoms with Crippen LogP contribution in [0.1, 0.15) is 30.6 Å². The van der Waals surface area contributed by atoms with Gasteiger partial charge in [0.2, 0.25) is 0 Å². The van der Waals surface area contributed by atoms with Gasteiger partial charge in [-0.1, -0.05) is 19.1 Å². The number of ether oxygens (including phenoxy) is 3. The van der Waals surface area contributed by atoms with Crippen LogP contribution in [0.3, 0.4) is 0 Å². The van der Waals surface area contributed by atoms with Gasteiger partial charge in [-0.3, -0.25) is 4.79 Å². The zero-order chi connectivity index (χ0) is 16.6. The number of carbonyl (C=O) groups excluding carboxylic acids is 2. The minimum absolute atomic E-state index is 0.336. The monoisotopic (exact) mass is 309 g/mol. The molecule has 1 aromatic rings. The number of methoxy groups -OCH3 is 2. The van der Waals surface area contributed by atoms with Crippen molar-refractivity contribution in [2.24, 2.45) is 0 Å². The molecule has 0 aliphatic heterocycles. The van der Waals surface area contributed by atoms with E-state index in [9.17, 15) is 9.59 Å². The second-order valence-corrected chi connectivity index (χ2v) is 4.97. The van der Waals surface area contributed by atoms with Crippen LogP contribution in [0.4, 0.5) is 0 Å². The molecule has 1 rings (SSSR count). The minimum Gasteiger partial charge on any atom is -0.490 e. The Kier molecular flexibility index (Phi) is 6.85. The van der Waals surface area contributed by atoms with Crippen LogP contribution in [-0.2, 0) is 14.3 Å². The van der Waals surface area contributed by atoms with Crippen LogP contribution in [0.2, 0.25) is 0 Å². The van der Waals surface area contributed by atoms with E-state index in [-0.39, 0.29) is 5.91 Å². The topological polar surface area (TPSA) is 73.9 Å². The van der Waals surface area contributed by atoms with Crippen LogP contribution in [0.25, 0.3) is 0 Å². The Bertz CT molecular complexity index is 517. The highest BCUT2D eigenvalue weighted by atomic mass is 16.5. The average Bonchev–Trinajstić information content (AvgIpc) is 2.54. The molecule has 0 saturated carbocycles. The maximum atomic E-state index is 12.5. The molecule has 0 aliphatic rings. The third-order valence-corrected chi connectivity index (χ3v) is 3.41. The molecule has 122 valence electrons. The van der Waals surface area contributed by atoms with Crippen LogP contribution in [-0.4, -0.2) is 44.8 Å². The van der Waals surface area contributed by atoms with E-state index in [2.05, 4.69) is 5.32 Å². The summed E-state index contributed by atoms with van der Waals surface area (Å²) in [5.74, 6) is -0.427. The molecule has 0 unspecified atom stereocenters. The van der Waals surface area contributed by atoms with Gasteiger partial charge in [0.05, 0.1) is 19.3 Å². The highest BCUT2D eigenvalue weighted by molar-refractivity contribution is 6.00. The first kappa shape index (κ1) is 18.0. The van der Waals surface area contributed by atoms with Crippen molar-refractivity contribution in [3.63, 3.8) is 0 Å². The highest BCUT2D eigenvalue weighted by Gasteiger charge is 2.34. The Labute approximate surface area is 130 Å². The van der Waals surface area contributed by atoms with Crippen LogP contribution in [0, 0.1) is 0 Å². The fourth-order valence-corrected chi connectivity index (χ4v) is 1.84. The summed E-state index contributed by atoms with van der Waals surface area (Å²) in [7, 11) is 2.87. The van der Waals surface area contributed by atoms with Gasteiger partial charge in [-0.2, -0.15) is 0 Å². The maximum Gasteiger partial charge on any atom is 0.331 e. The van der Waals surface area contributed by atoms with Crippen molar-refractivity contribution in [3.8, 4) is 5.75 Å². The Balaban J connectivity index is 2.91. The number of nitrogens with one attached hydrogen (secondary N) is 1. The lowest BCUT2D eigenvalue weighted by Gasteiger charge is -2.26. The van der Waals surface area contributed by atoms with E-state index in [0.717, 1.165) is 0 Å². The number of rotatable bonds is 8. The number of hydrogen-bond acceptors (Lipinski definition) is 5. The maximum absolute atomic E-state index is 12.5. The molecule has 22 heavy (non-hydrogen) atoms. The second kappa shape index (κ2) is 8.38. The lowest BCUT2D eigenvalue weighted by molar-refractivity contribution is -0.147. The summed E-state index contributed by atoms with van der Waals surface area (Å²) in [6.07, 6.45) is 0.415. The molecule has 0 radical (unpaired) electrons. The zero-order valence-electron chi connectivity index (χ0n) is 13.5. The molecule has 0 spiro atoms. The molecule has 6 nitrogen and oxygen atoms in total. The van der Waals surface area contributed by atoms with Crippen LogP contribution >= 0.6 is 0 Å². The first-order valence-electron chi connectivity index (χ1n) is 7.10. The largest absolute Gasteiger partial charge is 0.490 e. The van der Waals surface area contributed by atoms with Gasteiger partial charge in [0.25, 0.3) is 5.91 Å². The Hall–Kier alpha value is -2.08. The normalized spacial score (nSPS) is 13.1. The molecular weight excluding hydrogens is 286 g/mol. The fourth-order valence-electron chi connectivity index (χ4n) is 1.84. The van der Waals surface area contributed by atoms with Crippen molar-refractivity contribution >= 4 is 11.9 Å². The predicted molar refractivity (Wildman–Crippen MR) is 82.0 cm³/mol. The molecule has 1 amide bonds. The zero-order valence-corrected chi connectivity index (χ0v) is 13.5. The van der Waals surface area contributed by atoms with Gasteiger partial charge >= 0.3 is 5.97 Å². The Morgan fingerprint density at radius 3 is 2.45 bits per heavy atom. The van der Waals surface area contributed by atoms with Gasteiger partial charge in [0, 0.05) is 7.11 Å². The number of carbonyl (C=O) groups is 2. The van der Waals surface area contributed by atoms with E-state index in [1.807, 2.05) is 0 Å². The first-order chi connectivity index (χ1) is 10.5. The van der Waals surface area contributed by atoms with E-state index in [1.54, 1.807) is 45.2 Å². The van der Waals surface area contributed by atoms with Crippen LogP contribution in [0.15, 0.2) is 24.3 Å². The van der Waals surface area contributed by atoms with Crippen molar-refractivity contribution in [1.29, 1.82) is 0 Å². The van der Waals surface area contributed by atoms with Crippen molar-refractivity contribution in [2.45, 2.75) is 25.8 Å². The summed E-state index contributed by atoms with van der Waals surface area (Å²) < 4.78 is 15.2. The minimum atomic E-state index is -1.08. The van der Waals surface area contributed by atoms with Gasteiger partial charge in [-0.05, 0) is 25.5 Å². The van der Waals surface area contributed by atoms with Gasteiger partial charge < -0.3 is 19.5 Å². The van der Waals surface area contributed by atoms with Gasteiger partial charge in [0.1, 0.15) is 17.9 Å². The smallest absolute Gasteiger partial charge is 0.331 e. The quantitative estimate of drug-likeness (QED) is 0.585. The third-order valence-electron chi connectivity index (χ3n) is 3.41. The SMILES string of the molecule is CC[C@](C)(NC(=O)c1ccccc1OCCOC)C(=O)OC. The van der Waals surface area contributed by atoms with E-state index in [4.69, 9.17) is 14.2 Å². The lowest BCUT2D eigenvalue weighted by atomic mass is 9.98. The van der Waals surface area contributed by atoms with Crippen molar-refractivity contribution in [3.05, 3.63) is 29.8 Å². The molecule has 1 N–H and O–H groups in total. The summed E-state index contributed by atoms with van der Waals surface area (Å²) >= 11 is 0. The van der Waals surface area contributed by atoms with Crippen LogP contribution in [0.5, 0.6) is 5.75 Å². The number of para-hydroxylation sites is 1. The van der Waals surface area contributed by atoms with Crippen LogP contribution < -0.4 is 10.1 Å². The summed E-state index contributed by atoms with van der Waals surface area (Å²) in [6, 6.07) is 6.86. The van der Waals surface area contributed by atoms with Crippen molar-refractivity contribution < 1.29 is 23.8 Å². The number of benzene rings is 1. The standard InChI is InChI=1S/C16H23NO5/c1-5-16(2,15(19)21-4)17-14(18)12-8-6-7-9-13(12)22-11-10-20-3/h6-9H,5,10-11H2,1-4H3,(H,17,18)/t16-/m0/s1. The fraction of sp³-hybridized carbons (Fsp3) is 0.500. The van der Waals surface area contributed by atoms with E-state index in [1.165, 1.54) is 7.11 Å². The van der Waals surface area contributed by atoms with Gasteiger partial charge in [-0.15, -0.1) is 0 Å². The molecule has 0 aliphatic carbocycles. The number of esters is 1. The molecule has 0 bridgehead atoms. The molecule has 1 aromatic carbocycles. The van der Waals surface area contributed by atoms with Gasteiger partial charge in [0.15, 0.2) is 0 Å². The summed E-state index contributed by atoms with van der Waals surface area (Å²) in [6.45, 7) is 4.19.